The minimum atomic E-state index is 1.15. The molecule has 0 N–H and O–H groups in total. The first-order chi connectivity index (χ1) is 7.75. The first-order valence-electron chi connectivity index (χ1n) is 5.33. The highest BCUT2D eigenvalue weighted by Crippen LogP contribution is 2.44. The van der Waals surface area contributed by atoms with Crippen molar-refractivity contribution in [1.29, 1.82) is 0 Å². The van der Waals surface area contributed by atoms with Gasteiger partial charge in [-0.2, -0.15) is 0 Å². The van der Waals surface area contributed by atoms with E-state index in [0.717, 1.165) is 5.57 Å². The van der Waals surface area contributed by atoms with Crippen molar-refractivity contribution in [2.45, 2.75) is 16.7 Å². The first kappa shape index (κ1) is 9.73. The summed E-state index contributed by atoms with van der Waals surface area (Å²) in [7, 11) is 0. The van der Waals surface area contributed by atoms with Crippen LogP contribution in [0.15, 0.2) is 58.8 Å². The number of rotatable bonds is 0. The molecule has 1 aliphatic heterocycles. The van der Waals surface area contributed by atoms with Crippen LogP contribution in [0.25, 0.3) is 5.57 Å². The molecule has 0 radical (unpaired) electrons. The Morgan fingerprint density at radius 1 is 0.938 bits per heavy atom. The molecule has 2 aromatic carbocycles. The molecule has 0 saturated carbocycles. The van der Waals surface area contributed by atoms with E-state index in [0.29, 0.717) is 0 Å². The number of hydrogen-bond donors (Lipinski definition) is 0. The summed E-state index contributed by atoms with van der Waals surface area (Å²) in [5.41, 5.74) is 4.99. The zero-order valence-corrected chi connectivity index (χ0v) is 9.97. The molecule has 0 spiro atoms. The van der Waals surface area contributed by atoms with Crippen LogP contribution in [0.2, 0.25) is 0 Å². The van der Waals surface area contributed by atoms with Crippen LogP contribution in [0.4, 0.5) is 0 Å². The van der Waals surface area contributed by atoms with Gasteiger partial charge in [-0.15, -0.1) is 0 Å². The third-order valence-electron chi connectivity index (χ3n) is 2.89. The summed E-state index contributed by atoms with van der Waals surface area (Å²) in [6.45, 7) is 6.35. The third-order valence-corrected chi connectivity index (χ3v) is 4.04. The van der Waals surface area contributed by atoms with Gasteiger partial charge in [0.1, 0.15) is 0 Å². The van der Waals surface area contributed by atoms with Crippen LogP contribution in [0.1, 0.15) is 16.7 Å². The maximum absolute atomic E-state index is 4.22. The molecular formula is C15H12S. The van der Waals surface area contributed by atoms with Crippen LogP contribution in [0, 0.1) is 6.92 Å². The van der Waals surface area contributed by atoms with Crippen molar-refractivity contribution in [1.82, 2.24) is 0 Å². The summed E-state index contributed by atoms with van der Waals surface area (Å²) in [6.07, 6.45) is 0. The average Bonchev–Trinajstić information content (AvgIpc) is 2.31. The molecule has 1 heteroatoms. The third kappa shape index (κ3) is 1.40. The molecule has 0 atom stereocenters. The second-order valence-corrected chi connectivity index (χ2v) is 5.16. The van der Waals surface area contributed by atoms with Crippen LogP contribution in [0.3, 0.4) is 0 Å². The standard InChI is InChI=1S/C15H12S/c1-10-7-8-15-13(9-10)11(2)12-5-3-4-6-14(12)16-15/h3-9H,2H2,1H3. The summed E-state index contributed by atoms with van der Waals surface area (Å²) in [4.78, 5) is 2.62. The van der Waals surface area contributed by atoms with E-state index >= 15 is 0 Å². The second kappa shape index (κ2) is 3.53. The Morgan fingerprint density at radius 3 is 2.56 bits per heavy atom. The number of hydrogen-bond acceptors (Lipinski definition) is 1. The molecule has 3 rings (SSSR count). The Kier molecular flexibility index (Phi) is 2.15. The van der Waals surface area contributed by atoms with Crippen molar-refractivity contribution in [3.8, 4) is 0 Å². The molecule has 0 nitrogen and oxygen atoms in total. The van der Waals surface area contributed by atoms with Crippen LogP contribution in [-0.2, 0) is 0 Å². The van der Waals surface area contributed by atoms with E-state index in [4.69, 9.17) is 0 Å². The predicted octanol–water partition coefficient (Wildman–Crippen LogP) is 4.52. The number of aryl methyl sites for hydroxylation is 1. The summed E-state index contributed by atoms with van der Waals surface area (Å²) in [6, 6.07) is 15.0. The summed E-state index contributed by atoms with van der Waals surface area (Å²) >= 11 is 1.83. The zero-order chi connectivity index (χ0) is 11.1. The molecule has 78 valence electrons. The highest BCUT2D eigenvalue weighted by Gasteiger charge is 2.18. The van der Waals surface area contributed by atoms with E-state index in [1.54, 1.807) is 0 Å². The topological polar surface area (TPSA) is 0 Å². The number of fused-ring (bicyclic) bond motifs is 2. The van der Waals surface area contributed by atoms with Crippen LogP contribution >= 0.6 is 11.8 Å². The molecule has 1 heterocycles. The van der Waals surface area contributed by atoms with Gasteiger partial charge >= 0.3 is 0 Å². The molecular weight excluding hydrogens is 212 g/mol. The monoisotopic (exact) mass is 224 g/mol. The van der Waals surface area contributed by atoms with Gasteiger partial charge in [-0.25, -0.2) is 0 Å². The Labute approximate surface area is 100 Å². The minimum Gasteiger partial charge on any atom is -0.0905 e. The highest BCUT2D eigenvalue weighted by molar-refractivity contribution is 7.99. The molecule has 0 amide bonds. The first-order valence-corrected chi connectivity index (χ1v) is 6.14. The van der Waals surface area contributed by atoms with Crippen molar-refractivity contribution in [2.75, 3.05) is 0 Å². The van der Waals surface area contributed by atoms with E-state index < -0.39 is 0 Å². The van der Waals surface area contributed by atoms with Crippen molar-refractivity contribution in [2.24, 2.45) is 0 Å². The Balaban J connectivity index is 2.23. The molecule has 0 bridgehead atoms. The lowest BCUT2D eigenvalue weighted by atomic mass is 9.97. The average molecular weight is 224 g/mol. The zero-order valence-electron chi connectivity index (χ0n) is 9.16. The quantitative estimate of drug-likeness (QED) is 0.541. The highest BCUT2D eigenvalue weighted by atomic mass is 32.2. The SMILES string of the molecule is C=C1c2ccccc2Sc2ccc(C)cc21. The van der Waals surface area contributed by atoms with Crippen molar-refractivity contribution in [3.63, 3.8) is 0 Å². The van der Waals surface area contributed by atoms with E-state index in [1.165, 1.54) is 26.5 Å². The summed E-state index contributed by atoms with van der Waals surface area (Å²) in [5.74, 6) is 0. The molecule has 0 aromatic heterocycles. The Morgan fingerprint density at radius 2 is 1.69 bits per heavy atom. The lowest BCUT2D eigenvalue weighted by Gasteiger charge is -2.21. The molecule has 0 unspecified atom stereocenters. The largest absolute Gasteiger partial charge is 0.0905 e. The molecule has 16 heavy (non-hydrogen) atoms. The van der Waals surface area contributed by atoms with Crippen LogP contribution in [0.5, 0.6) is 0 Å². The summed E-state index contributed by atoms with van der Waals surface area (Å²) < 4.78 is 0. The fourth-order valence-corrected chi connectivity index (χ4v) is 3.15. The van der Waals surface area contributed by atoms with Gasteiger partial charge in [0.2, 0.25) is 0 Å². The van der Waals surface area contributed by atoms with Gasteiger partial charge in [0.15, 0.2) is 0 Å². The Bertz CT molecular complexity index is 582. The van der Waals surface area contributed by atoms with Gasteiger partial charge < -0.3 is 0 Å². The maximum atomic E-state index is 4.22. The van der Waals surface area contributed by atoms with E-state index in [2.05, 4.69) is 56.0 Å². The van der Waals surface area contributed by atoms with Crippen molar-refractivity contribution < 1.29 is 0 Å². The molecule has 0 saturated heterocycles. The smallest absolute Gasteiger partial charge is 0.0201 e. The number of benzene rings is 2. The van der Waals surface area contributed by atoms with Gasteiger partial charge in [-0.3, -0.25) is 0 Å². The Hall–Kier alpha value is -1.47. The molecule has 2 aromatic rings. The van der Waals surface area contributed by atoms with E-state index in [-0.39, 0.29) is 0 Å². The molecule has 0 aliphatic carbocycles. The lowest BCUT2D eigenvalue weighted by molar-refractivity contribution is 1.27. The second-order valence-electron chi connectivity index (χ2n) is 4.08. The normalized spacial score (nSPS) is 13.2. The fourth-order valence-electron chi connectivity index (χ4n) is 2.04. The predicted molar refractivity (Wildman–Crippen MR) is 69.9 cm³/mol. The van der Waals surface area contributed by atoms with Gasteiger partial charge in [-0.1, -0.05) is 54.2 Å². The van der Waals surface area contributed by atoms with E-state index in [1.807, 2.05) is 11.8 Å². The molecule has 0 fully saturated rings. The van der Waals surface area contributed by atoms with Crippen LogP contribution in [-0.4, -0.2) is 0 Å². The fraction of sp³-hybridized carbons (Fsp3) is 0.0667. The van der Waals surface area contributed by atoms with Gasteiger partial charge in [0.25, 0.3) is 0 Å². The van der Waals surface area contributed by atoms with E-state index in [9.17, 15) is 0 Å². The van der Waals surface area contributed by atoms with Crippen molar-refractivity contribution >= 4 is 17.3 Å². The minimum absolute atomic E-state index is 1.15. The maximum Gasteiger partial charge on any atom is 0.0201 e. The summed E-state index contributed by atoms with van der Waals surface area (Å²) in [5, 5.41) is 0. The van der Waals surface area contributed by atoms with Crippen molar-refractivity contribution in [3.05, 3.63) is 65.7 Å². The lowest BCUT2D eigenvalue weighted by Crippen LogP contribution is -1.97. The van der Waals surface area contributed by atoms with Gasteiger partial charge in [-0.05, 0) is 35.8 Å². The van der Waals surface area contributed by atoms with Crippen LogP contribution < -0.4 is 0 Å². The van der Waals surface area contributed by atoms with Gasteiger partial charge in [0, 0.05) is 9.79 Å². The molecule has 1 aliphatic rings. The van der Waals surface area contributed by atoms with Gasteiger partial charge in [0.05, 0.1) is 0 Å².